The topological polar surface area (TPSA) is 61.6 Å². The number of fused-ring (bicyclic) bond motifs is 1. The highest BCUT2D eigenvalue weighted by atomic mass is 79.9. The van der Waals surface area contributed by atoms with Gasteiger partial charge >= 0.3 is 0 Å². The summed E-state index contributed by atoms with van der Waals surface area (Å²) in [5.74, 6) is 0. The summed E-state index contributed by atoms with van der Waals surface area (Å²) in [5.41, 5.74) is 0.957. The van der Waals surface area contributed by atoms with E-state index in [1.54, 1.807) is 24.3 Å². The first-order chi connectivity index (χ1) is 9.61. The molecule has 20 heavy (non-hydrogen) atoms. The number of halogens is 1. The number of aromatic nitrogens is 2. The molecule has 0 unspecified atom stereocenters. The van der Waals surface area contributed by atoms with Crippen molar-refractivity contribution in [3.05, 3.63) is 54.8 Å². The van der Waals surface area contributed by atoms with E-state index < -0.39 is 0 Å². The molecule has 3 aromatic rings. The maximum absolute atomic E-state index is 12.5. The van der Waals surface area contributed by atoms with Gasteiger partial charge in [0.2, 0.25) is 0 Å². The number of aromatic amines is 1. The second-order valence-corrected chi connectivity index (χ2v) is 6.17. The molecular formula is C13H6BrN3OS2. The van der Waals surface area contributed by atoms with Crippen LogP contribution in [0.1, 0.15) is 5.56 Å². The number of H-pyrrole nitrogens is 1. The fourth-order valence-corrected chi connectivity index (χ4v) is 3.60. The van der Waals surface area contributed by atoms with E-state index >= 15 is 0 Å². The van der Waals surface area contributed by atoms with Crippen molar-refractivity contribution in [1.29, 1.82) is 5.26 Å². The average molecular weight is 364 g/mol. The fraction of sp³-hybridized carbons (Fsp3) is 0. The van der Waals surface area contributed by atoms with Crippen molar-refractivity contribution in [3.63, 3.8) is 0 Å². The van der Waals surface area contributed by atoms with Crippen LogP contribution >= 0.6 is 39.5 Å². The molecule has 0 aliphatic rings. The van der Waals surface area contributed by atoms with Gasteiger partial charge in [0.05, 0.1) is 22.7 Å². The predicted molar refractivity (Wildman–Crippen MR) is 85.0 cm³/mol. The molecule has 4 nitrogen and oxygen atoms in total. The molecular weight excluding hydrogens is 358 g/mol. The van der Waals surface area contributed by atoms with Gasteiger partial charge in [0, 0.05) is 4.47 Å². The molecule has 0 saturated carbocycles. The van der Waals surface area contributed by atoms with Gasteiger partial charge in [-0.05, 0) is 57.8 Å². The Morgan fingerprint density at radius 2 is 2.20 bits per heavy atom. The van der Waals surface area contributed by atoms with Crippen LogP contribution in [0.4, 0.5) is 0 Å². The fourth-order valence-electron chi connectivity index (χ4n) is 1.92. The summed E-state index contributed by atoms with van der Waals surface area (Å²) in [7, 11) is 0. The van der Waals surface area contributed by atoms with E-state index in [1.165, 1.54) is 15.9 Å². The minimum absolute atomic E-state index is 0.171. The van der Waals surface area contributed by atoms with E-state index in [1.807, 2.05) is 5.38 Å². The average Bonchev–Trinajstić information content (AvgIpc) is 2.88. The number of nitrogens with one attached hydrogen (secondary N) is 1. The Bertz CT molecular complexity index is 978. The number of hydrogen-bond acceptors (Lipinski definition) is 4. The largest absolute Gasteiger partial charge is 0.323 e. The van der Waals surface area contributed by atoms with Gasteiger partial charge in [-0.2, -0.15) is 5.26 Å². The van der Waals surface area contributed by atoms with Crippen molar-refractivity contribution in [2.24, 2.45) is 0 Å². The summed E-state index contributed by atoms with van der Waals surface area (Å²) in [6.07, 6.45) is 0. The third-order valence-corrected chi connectivity index (χ3v) is 4.59. The Morgan fingerprint density at radius 1 is 1.40 bits per heavy atom. The Balaban J connectivity index is 2.38. The van der Waals surface area contributed by atoms with Crippen molar-refractivity contribution in [2.75, 3.05) is 0 Å². The highest BCUT2D eigenvalue weighted by Gasteiger charge is 2.11. The van der Waals surface area contributed by atoms with Crippen LogP contribution in [-0.2, 0) is 0 Å². The first-order valence-corrected chi connectivity index (χ1v) is 7.62. The number of thiophene rings is 1. The second kappa shape index (κ2) is 4.98. The lowest BCUT2D eigenvalue weighted by molar-refractivity contribution is 0.938. The highest BCUT2D eigenvalue weighted by molar-refractivity contribution is 9.10. The van der Waals surface area contributed by atoms with Gasteiger partial charge < -0.3 is 4.98 Å². The van der Waals surface area contributed by atoms with Gasteiger partial charge in [-0.1, -0.05) is 0 Å². The first kappa shape index (κ1) is 13.2. The third-order valence-electron chi connectivity index (χ3n) is 2.84. The van der Waals surface area contributed by atoms with Crippen LogP contribution in [0.15, 0.2) is 38.9 Å². The van der Waals surface area contributed by atoms with Gasteiger partial charge in [0.1, 0.15) is 4.83 Å². The number of hydrogen-bond donors (Lipinski definition) is 1. The quantitative estimate of drug-likeness (QED) is 0.669. The summed E-state index contributed by atoms with van der Waals surface area (Å²) in [6, 6.07) is 8.83. The van der Waals surface area contributed by atoms with Gasteiger partial charge in [-0.25, -0.2) is 0 Å². The van der Waals surface area contributed by atoms with Gasteiger partial charge in [0.15, 0.2) is 4.77 Å². The van der Waals surface area contributed by atoms with Crippen LogP contribution < -0.4 is 5.56 Å². The van der Waals surface area contributed by atoms with E-state index in [9.17, 15) is 4.79 Å². The lowest BCUT2D eigenvalue weighted by Gasteiger charge is -2.08. The maximum Gasteiger partial charge on any atom is 0.267 e. The van der Waals surface area contributed by atoms with E-state index in [-0.39, 0.29) is 5.56 Å². The normalized spacial score (nSPS) is 10.6. The standard InChI is InChI=1S/C13H6BrN3OS2/c14-9-5-7(6-15)1-2-10(9)17-12(18)8-3-4-20-11(8)16-13(17)19/h1-5H,(H,16,19). The van der Waals surface area contributed by atoms with Crippen molar-refractivity contribution in [2.45, 2.75) is 0 Å². The van der Waals surface area contributed by atoms with Gasteiger partial charge in [-0.15, -0.1) is 11.3 Å². The van der Waals surface area contributed by atoms with Gasteiger partial charge in [-0.3, -0.25) is 9.36 Å². The Morgan fingerprint density at radius 3 is 2.90 bits per heavy atom. The van der Waals surface area contributed by atoms with Crippen LogP contribution in [0.3, 0.4) is 0 Å². The number of nitriles is 1. The van der Waals surface area contributed by atoms with Crippen molar-refractivity contribution in [1.82, 2.24) is 9.55 Å². The van der Waals surface area contributed by atoms with Crippen LogP contribution in [-0.4, -0.2) is 9.55 Å². The van der Waals surface area contributed by atoms with Crippen molar-refractivity contribution < 1.29 is 0 Å². The summed E-state index contributed by atoms with van der Waals surface area (Å²) >= 11 is 10.1. The second-order valence-electron chi connectivity index (χ2n) is 4.01. The monoisotopic (exact) mass is 363 g/mol. The van der Waals surface area contributed by atoms with Crippen LogP contribution in [0.2, 0.25) is 0 Å². The van der Waals surface area contributed by atoms with E-state index in [0.29, 0.717) is 25.9 Å². The SMILES string of the molecule is N#Cc1ccc(-n2c(=S)[nH]c3sccc3c2=O)c(Br)c1. The Labute approximate surface area is 131 Å². The highest BCUT2D eigenvalue weighted by Crippen LogP contribution is 2.23. The molecule has 0 bridgehead atoms. The molecule has 0 aliphatic heterocycles. The maximum atomic E-state index is 12.5. The van der Waals surface area contributed by atoms with Crippen LogP contribution in [0, 0.1) is 16.1 Å². The molecule has 2 aromatic heterocycles. The molecule has 0 atom stereocenters. The van der Waals surface area contributed by atoms with Crippen LogP contribution in [0.25, 0.3) is 15.9 Å². The molecule has 1 aromatic carbocycles. The third kappa shape index (κ3) is 2.02. The smallest absolute Gasteiger partial charge is 0.267 e. The van der Waals surface area contributed by atoms with Crippen molar-refractivity contribution in [3.8, 4) is 11.8 Å². The molecule has 7 heteroatoms. The summed E-state index contributed by atoms with van der Waals surface area (Å²) in [5, 5.41) is 11.3. The Hall–Kier alpha value is -1.75. The lowest BCUT2D eigenvalue weighted by Crippen LogP contribution is -2.20. The minimum atomic E-state index is -0.171. The lowest BCUT2D eigenvalue weighted by atomic mass is 10.2. The van der Waals surface area contributed by atoms with Crippen molar-refractivity contribution >= 4 is 49.7 Å². The first-order valence-electron chi connectivity index (χ1n) is 5.54. The van der Waals surface area contributed by atoms with E-state index in [4.69, 9.17) is 17.5 Å². The number of benzene rings is 1. The van der Waals surface area contributed by atoms with Gasteiger partial charge in [0.25, 0.3) is 5.56 Å². The molecule has 0 fully saturated rings. The predicted octanol–water partition coefficient (Wildman–Crippen LogP) is 3.74. The zero-order valence-corrected chi connectivity index (χ0v) is 13.1. The Kier molecular flexibility index (Phi) is 3.30. The number of rotatable bonds is 1. The summed E-state index contributed by atoms with van der Waals surface area (Å²) in [4.78, 5) is 16.3. The molecule has 0 amide bonds. The molecule has 0 spiro atoms. The van der Waals surface area contributed by atoms with E-state index in [2.05, 4.69) is 27.0 Å². The molecule has 1 N–H and O–H groups in total. The van der Waals surface area contributed by atoms with Crippen LogP contribution in [0.5, 0.6) is 0 Å². The zero-order valence-electron chi connectivity index (χ0n) is 9.88. The molecule has 2 heterocycles. The minimum Gasteiger partial charge on any atom is -0.323 e. The molecule has 98 valence electrons. The van der Waals surface area contributed by atoms with E-state index in [0.717, 1.165) is 4.83 Å². The summed E-state index contributed by atoms with van der Waals surface area (Å²) < 4.78 is 2.40. The molecule has 3 rings (SSSR count). The number of nitrogens with zero attached hydrogens (tertiary/aromatic N) is 2. The summed E-state index contributed by atoms with van der Waals surface area (Å²) in [6.45, 7) is 0. The molecule has 0 saturated heterocycles. The zero-order chi connectivity index (χ0) is 14.3. The molecule has 0 aliphatic carbocycles. The molecule has 0 radical (unpaired) electrons.